The van der Waals surface area contributed by atoms with Gasteiger partial charge in [-0.3, -0.25) is 0 Å². The summed E-state index contributed by atoms with van der Waals surface area (Å²) in [6.07, 6.45) is 1.73. The van der Waals surface area contributed by atoms with Gasteiger partial charge in [0.25, 0.3) is 0 Å². The van der Waals surface area contributed by atoms with E-state index in [9.17, 15) is 0 Å². The van der Waals surface area contributed by atoms with E-state index in [4.69, 9.17) is 11.0 Å². The van der Waals surface area contributed by atoms with Crippen molar-refractivity contribution < 1.29 is 0 Å². The van der Waals surface area contributed by atoms with Crippen LogP contribution in [0.4, 0.5) is 5.82 Å². The lowest BCUT2D eigenvalue weighted by molar-refractivity contribution is 0.799. The fourth-order valence-corrected chi connectivity index (χ4v) is 1.49. The number of aryl methyl sites for hydroxylation is 1. The molecule has 0 atom stereocenters. The number of pyridine rings is 1. The molecule has 0 fully saturated rings. The molecule has 0 bridgehead atoms. The topological polar surface area (TPSA) is 65.9 Å². The highest BCUT2D eigenvalue weighted by Gasteiger charge is 2.11. The third-order valence-electron chi connectivity index (χ3n) is 2.33. The first kappa shape index (κ1) is 11.5. The molecule has 0 spiro atoms. The van der Waals surface area contributed by atoms with Gasteiger partial charge in [0.05, 0.1) is 5.56 Å². The zero-order chi connectivity index (χ0) is 11.3. The molecule has 0 unspecified atom stereocenters. The second kappa shape index (κ2) is 5.32. The summed E-state index contributed by atoms with van der Waals surface area (Å²) in [5.74, 6) is 0.741. The van der Waals surface area contributed by atoms with Gasteiger partial charge in [-0.15, -0.1) is 0 Å². The van der Waals surface area contributed by atoms with Crippen molar-refractivity contribution >= 4 is 5.82 Å². The van der Waals surface area contributed by atoms with Gasteiger partial charge >= 0.3 is 0 Å². The lowest BCUT2D eigenvalue weighted by atomic mass is 10.1. The van der Waals surface area contributed by atoms with Crippen molar-refractivity contribution in [1.29, 1.82) is 5.26 Å². The Morgan fingerprint density at radius 2 is 2.33 bits per heavy atom. The summed E-state index contributed by atoms with van der Waals surface area (Å²) in [5.41, 5.74) is 7.12. The van der Waals surface area contributed by atoms with E-state index in [1.807, 2.05) is 24.8 Å². The van der Waals surface area contributed by atoms with Gasteiger partial charge in [0.1, 0.15) is 11.9 Å². The number of nitrogens with two attached hydrogens (primary N) is 1. The molecule has 0 saturated carbocycles. The van der Waals surface area contributed by atoms with Crippen molar-refractivity contribution in [3.05, 3.63) is 23.4 Å². The van der Waals surface area contributed by atoms with E-state index in [0.717, 1.165) is 24.5 Å². The minimum Gasteiger partial charge on any atom is -0.355 e. The normalized spacial score (nSPS) is 9.73. The molecular weight excluding hydrogens is 188 g/mol. The van der Waals surface area contributed by atoms with Crippen molar-refractivity contribution in [2.75, 3.05) is 24.5 Å². The summed E-state index contributed by atoms with van der Waals surface area (Å²) in [6, 6.07) is 4.04. The number of aromatic nitrogens is 1. The smallest absolute Gasteiger partial charge is 0.146 e. The Labute approximate surface area is 90.3 Å². The number of rotatable bonds is 4. The van der Waals surface area contributed by atoms with Gasteiger partial charge in [-0.2, -0.15) is 5.26 Å². The van der Waals surface area contributed by atoms with E-state index < -0.39 is 0 Å². The first-order valence-corrected chi connectivity index (χ1v) is 5.05. The minimum absolute atomic E-state index is 0.564. The predicted octanol–water partition coefficient (Wildman–Crippen LogP) is 1.05. The molecule has 1 aromatic heterocycles. The van der Waals surface area contributed by atoms with E-state index >= 15 is 0 Å². The number of nitrogens with zero attached hydrogens (tertiary/aromatic N) is 3. The maximum absolute atomic E-state index is 9.06. The predicted molar refractivity (Wildman–Crippen MR) is 60.6 cm³/mol. The minimum atomic E-state index is 0.564. The largest absolute Gasteiger partial charge is 0.355 e. The Morgan fingerprint density at radius 1 is 1.60 bits per heavy atom. The van der Waals surface area contributed by atoms with E-state index in [1.165, 1.54) is 0 Å². The second-order valence-electron chi connectivity index (χ2n) is 3.31. The quantitative estimate of drug-likeness (QED) is 0.796. The van der Waals surface area contributed by atoms with Gasteiger partial charge in [-0.25, -0.2) is 4.98 Å². The highest BCUT2D eigenvalue weighted by Crippen LogP contribution is 2.19. The lowest BCUT2D eigenvalue weighted by Gasteiger charge is -2.22. The average Bonchev–Trinajstić information content (AvgIpc) is 2.25. The summed E-state index contributed by atoms with van der Waals surface area (Å²) in [7, 11) is 0. The Balaban J connectivity index is 3.12. The molecule has 1 rings (SSSR count). The van der Waals surface area contributed by atoms with Crippen LogP contribution in [0, 0.1) is 18.3 Å². The molecule has 0 radical (unpaired) electrons. The maximum Gasteiger partial charge on any atom is 0.146 e. The molecule has 2 N–H and O–H groups in total. The van der Waals surface area contributed by atoms with Crippen molar-refractivity contribution in [3.63, 3.8) is 0 Å². The van der Waals surface area contributed by atoms with Crippen LogP contribution in [-0.4, -0.2) is 24.6 Å². The summed E-state index contributed by atoms with van der Waals surface area (Å²) in [6.45, 7) is 6.04. The van der Waals surface area contributed by atoms with Crippen LogP contribution in [0.3, 0.4) is 0 Å². The van der Waals surface area contributed by atoms with Crippen molar-refractivity contribution in [3.8, 4) is 6.07 Å². The van der Waals surface area contributed by atoms with Gasteiger partial charge in [-0.1, -0.05) is 0 Å². The van der Waals surface area contributed by atoms with E-state index in [2.05, 4.69) is 11.1 Å². The van der Waals surface area contributed by atoms with Crippen LogP contribution in [-0.2, 0) is 0 Å². The van der Waals surface area contributed by atoms with Crippen molar-refractivity contribution in [2.45, 2.75) is 13.8 Å². The number of nitriles is 1. The Bertz CT molecular complexity index is 367. The van der Waals surface area contributed by atoms with E-state index in [1.54, 1.807) is 6.20 Å². The van der Waals surface area contributed by atoms with Gasteiger partial charge in [-0.05, 0) is 25.5 Å². The molecule has 1 heterocycles. The molecule has 80 valence electrons. The molecule has 0 aromatic carbocycles. The zero-order valence-electron chi connectivity index (χ0n) is 9.20. The standard InChI is InChI=1S/C11H16N4/c1-3-15(7-5-12)11-10(8-13)9(2)4-6-14-11/h4,6H,3,5,7,12H2,1-2H3. The number of anilines is 1. The first-order valence-electron chi connectivity index (χ1n) is 5.05. The molecule has 4 heteroatoms. The second-order valence-corrected chi connectivity index (χ2v) is 3.31. The highest BCUT2D eigenvalue weighted by atomic mass is 15.2. The lowest BCUT2D eigenvalue weighted by Crippen LogP contribution is -2.30. The van der Waals surface area contributed by atoms with Crippen molar-refractivity contribution in [1.82, 2.24) is 4.98 Å². The Kier molecular flexibility index (Phi) is 4.07. The zero-order valence-corrected chi connectivity index (χ0v) is 9.20. The van der Waals surface area contributed by atoms with Gasteiger partial charge in [0.15, 0.2) is 0 Å². The molecule has 0 saturated heterocycles. The number of likely N-dealkylation sites (N-methyl/N-ethyl adjacent to an activating group) is 1. The fraction of sp³-hybridized carbons (Fsp3) is 0.455. The van der Waals surface area contributed by atoms with Crippen LogP contribution in [0.25, 0.3) is 0 Å². The summed E-state index contributed by atoms with van der Waals surface area (Å²) >= 11 is 0. The highest BCUT2D eigenvalue weighted by molar-refractivity contribution is 5.57. The van der Waals surface area contributed by atoms with Crippen LogP contribution in [0.15, 0.2) is 12.3 Å². The monoisotopic (exact) mass is 204 g/mol. The van der Waals surface area contributed by atoms with Crippen LogP contribution in [0.1, 0.15) is 18.1 Å². The molecular formula is C11H16N4. The van der Waals surface area contributed by atoms with Crippen LogP contribution < -0.4 is 10.6 Å². The molecule has 0 aliphatic heterocycles. The first-order chi connectivity index (χ1) is 7.24. The molecule has 4 nitrogen and oxygen atoms in total. The molecule has 1 aromatic rings. The van der Waals surface area contributed by atoms with Gasteiger partial charge in [0.2, 0.25) is 0 Å². The maximum atomic E-state index is 9.06. The third-order valence-corrected chi connectivity index (χ3v) is 2.33. The molecule has 15 heavy (non-hydrogen) atoms. The fourth-order valence-electron chi connectivity index (χ4n) is 1.49. The van der Waals surface area contributed by atoms with E-state index in [-0.39, 0.29) is 0 Å². The Morgan fingerprint density at radius 3 is 2.87 bits per heavy atom. The summed E-state index contributed by atoms with van der Waals surface area (Å²) in [4.78, 5) is 6.27. The van der Waals surface area contributed by atoms with E-state index in [0.29, 0.717) is 12.1 Å². The molecule has 0 aliphatic rings. The Hall–Kier alpha value is -1.60. The number of hydrogen-bond donors (Lipinski definition) is 1. The number of hydrogen-bond acceptors (Lipinski definition) is 4. The van der Waals surface area contributed by atoms with Crippen LogP contribution >= 0.6 is 0 Å². The summed E-state index contributed by atoms with van der Waals surface area (Å²) in [5, 5.41) is 9.06. The average molecular weight is 204 g/mol. The molecule has 0 aliphatic carbocycles. The van der Waals surface area contributed by atoms with Gasteiger partial charge in [0, 0.05) is 25.8 Å². The summed E-state index contributed by atoms with van der Waals surface area (Å²) < 4.78 is 0. The van der Waals surface area contributed by atoms with Gasteiger partial charge < -0.3 is 10.6 Å². The third kappa shape index (κ3) is 2.45. The van der Waals surface area contributed by atoms with Crippen LogP contribution in [0.5, 0.6) is 0 Å². The molecule has 0 amide bonds. The van der Waals surface area contributed by atoms with Crippen molar-refractivity contribution in [2.24, 2.45) is 5.73 Å². The SMILES string of the molecule is CCN(CCN)c1nccc(C)c1C#N. The van der Waals surface area contributed by atoms with Crippen LogP contribution in [0.2, 0.25) is 0 Å².